The minimum atomic E-state index is -4.57. The van der Waals surface area contributed by atoms with Crippen molar-refractivity contribution >= 4 is 0 Å². The number of benzene rings is 1. The van der Waals surface area contributed by atoms with Crippen LogP contribution in [-0.2, 0) is 0 Å². The van der Waals surface area contributed by atoms with Crippen molar-refractivity contribution in [3.05, 3.63) is 35.9 Å². The van der Waals surface area contributed by atoms with E-state index >= 15 is 0 Å². The molecule has 0 fully saturated rings. The van der Waals surface area contributed by atoms with Crippen molar-refractivity contribution in [1.82, 2.24) is 5.32 Å². The number of hydrogen-bond acceptors (Lipinski definition) is 2. The molecule has 16 heavy (non-hydrogen) atoms. The Labute approximate surface area is 92.1 Å². The third-order valence-corrected chi connectivity index (χ3v) is 2.29. The molecule has 0 aliphatic heterocycles. The quantitative estimate of drug-likeness (QED) is 0.836. The molecule has 0 spiro atoms. The zero-order chi connectivity index (χ0) is 12.2. The number of aliphatic hydroxyl groups is 1. The number of rotatable bonds is 4. The molecule has 5 heteroatoms. The van der Waals surface area contributed by atoms with Gasteiger partial charge >= 0.3 is 6.18 Å². The van der Waals surface area contributed by atoms with Gasteiger partial charge in [0, 0.05) is 12.6 Å². The lowest BCUT2D eigenvalue weighted by atomic mass is 10.1. The first kappa shape index (κ1) is 13.0. The van der Waals surface area contributed by atoms with E-state index in [4.69, 9.17) is 5.11 Å². The Hall–Kier alpha value is -1.07. The van der Waals surface area contributed by atoms with E-state index in [1.54, 1.807) is 6.92 Å². The maximum absolute atomic E-state index is 12.0. The predicted molar refractivity (Wildman–Crippen MR) is 54.9 cm³/mol. The van der Waals surface area contributed by atoms with Gasteiger partial charge in [0.2, 0.25) is 0 Å². The summed E-state index contributed by atoms with van der Waals surface area (Å²) in [4.78, 5) is 0. The summed E-state index contributed by atoms with van der Waals surface area (Å²) < 4.78 is 36.0. The van der Waals surface area contributed by atoms with Gasteiger partial charge in [-0.05, 0) is 12.5 Å². The Kier molecular flexibility index (Phi) is 4.32. The van der Waals surface area contributed by atoms with Crippen molar-refractivity contribution in [2.75, 3.05) is 6.54 Å². The van der Waals surface area contributed by atoms with Crippen LogP contribution in [0.2, 0.25) is 0 Å². The van der Waals surface area contributed by atoms with Crippen LogP contribution in [-0.4, -0.2) is 23.9 Å². The van der Waals surface area contributed by atoms with E-state index < -0.39 is 18.8 Å². The fourth-order valence-corrected chi connectivity index (χ4v) is 1.26. The molecule has 0 aliphatic carbocycles. The van der Waals surface area contributed by atoms with Crippen molar-refractivity contribution in [2.45, 2.75) is 25.2 Å². The van der Waals surface area contributed by atoms with Crippen LogP contribution in [0.5, 0.6) is 0 Å². The third-order valence-electron chi connectivity index (χ3n) is 2.29. The summed E-state index contributed by atoms with van der Waals surface area (Å²) >= 11 is 0. The molecule has 0 heterocycles. The zero-order valence-corrected chi connectivity index (χ0v) is 8.83. The van der Waals surface area contributed by atoms with Gasteiger partial charge in [0.15, 0.2) is 6.10 Å². The van der Waals surface area contributed by atoms with E-state index in [-0.39, 0.29) is 6.04 Å². The Morgan fingerprint density at radius 1 is 1.25 bits per heavy atom. The van der Waals surface area contributed by atoms with Gasteiger partial charge in [0.05, 0.1) is 0 Å². The van der Waals surface area contributed by atoms with Crippen LogP contribution >= 0.6 is 0 Å². The Balaban J connectivity index is 2.45. The summed E-state index contributed by atoms with van der Waals surface area (Å²) in [5.41, 5.74) is 0.886. The lowest BCUT2D eigenvalue weighted by Gasteiger charge is -2.19. The first-order chi connectivity index (χ1) is 7.41. The maximum Gasteiger partial charge on any atom is 0.415 e. The van der Waals surface area contributed by atoms with Gasteiger partial charge in [-0.15, -0.1) is 0 Å². The molecule has 0 saturated heterocycles. The zero-order valence-electron chi connectivity index (χ0n) is 8.83. The molecule has 0 aromatic heterocycles. The van der Waals surface area contributed by atoms with Gasteiger partial charge in [-0.2, -0.15) is 13.2 Å². The number of halogens is 3. The third kappa shape index (κ3) is 3.83. The van der Waals surface area contributed by atoms with Crippen LogP contribution in [0.25, 0.3) is 0 Å². The summed E-state index contributed by atoms with van der Waals surface area (Å²) in [5, 5.41) is 11.4. The number of aliphatic hydroxyl groups excluding tert-OH is 1. The maximum atomic E-state index is 12.0. The van der Waals surface area contributed by atoms with Crippen LogP contribution in [0.1, 0.15) is 18.5 Å². The molecule has 0 amide bonds. The summed E-state index contributed by atoms with van der Waals surface area (Å²) in [6.45, 7) is 1.25. The van der Waals surface area contributed by atoms with Crippen LogP contribution < -0.4 is 5.32 Å². The highest BCUT2D eigenvalue weighted by Gasteiger charge is 2.37. The molecule has 0 aliphatic rings. The lowest BCUT2D eigenvalue weighted by Crippen LogP contribution is -2.39. The minimum absolute atomic E-state index is 0.224. The van der Waals surface area contributed by atoms with Crippen molar-refractivity contribution in [2.24, 2.45) is 0 Å². The average molecular weight is 233 g/mol. The average Bonchev–Trinajstić information content (AvgIpc) is 2.25. The normalized spacial score (nSPS) is 15.8. The van der Waals surface area contributed by atoms with Crippen LogP contribution in [0, 0.1) is 0 Å². The van der Waals surface area contributed by atoms with Crippen molar-refractivity contribution in [3.8, 4) is 0 Å². The van der Waals surface area contributed by atoms with E-state index in [0.29, 0.717) is 0 Å². The van der Waals surface area contributed by atoms with Gasteiger partial charge in [0.25, 0.3) is 0 Å². The molecule has 1 aromatic rings. The highest BCUT2D eigenvalue weighted by atomic mass is 19.4. The van der Waals surface area contributed by atoms with Gasteiger partial charge in [-0.25, -0.2) is 0 Å². The fourth-order valence-electron chi connectivity index (χ4n) is 1.26. The van der Waals surface area contributed by atoms with Gasteiger partial charge in [0.1, 0.15) is 0 Å². The van der Waals surface area contributed by atoms with Crippen LogP contribution in [0.3, 0.4) is 0 Å². The fraction of sp³-hybridized carbons (Fsp3) is 0.455. The Bertz CT molecular complexity index is 313. The smallest absolute Gasteiger partial charge is 0.382 e. The van der Waals surface area contributed by atoms with Crippen molar-refractivity contribution in [1.29, 1.82) is 0 Å². The van der Waals surface area contributed by atoms with Crippen molar-refractivity contribution < 1.29 is 18.3 Å². The molecular formula is C11H14F3NO. The van der Waals surface area contributed by atoms with E-state index in [9.17, 15) is 13.2 Å². The predicted octanol–water partition coefficient (Wildman–Crippen LogP) is 2.26. The molecule has 2 N–H and O–H groups in total. The van der Waals surface area contributed by atoms with Gasteiger partial charge < -0.3 is 10.4 Å². The molecule has 1 aromatic carbocycles. The SMILES string of the molecule is C[C@@H](NC[C@@H](O)C(F)(F)F)c1ccccc1. The minimum Gasteiger partial charge on any atom is -0.382 e. The molecule has 0 saturated carbocycles. The molecule has 2 atom stereocenters. The first-order valence-electron chi connectivity index (χ1n) is 4.94. The van der Waals surface area contributed by atoms with Crippen LogP contribution in [0.4, 0.5) is 13.2 Å². The summed E-state index contributed by atoms with van der Waals surface area (Å²) in [5.74, 6) is 0. The van der Waals surface area contributed by atoms with Crippen LogP contribution in [0.15, 0.2) is 30.3 Å². The lowest BCUT2D eigenvalue weighted by molar-refractivity contribution is -0.202. The van der Waals surface area contributed by atoms with E-state index in [1.165, 1.54) is 0 Å². The Morgan fingerprint density at radius 3 is 2.31 bits per heavy atom. The molecule has 0 bridgehead atoms. The first-order valence-corrected chi connectivity index (χ1v) is 4.94. The molecule has 0 radical (unpaired) electrons. The number of nitrogens with one attached hydrogen (secondary N) is 1. The highest BCUT2D eigenvalue weighted by molar-refractivity contribution is 5.17. The molecule has 2 nitrogen and oxygen atoms in total. The molecule has 1 rings (SSSR count). The van der Waals surface area contributed by atoms with E-state index in [1.807, 2.05) is 30.3 Å². The second-order valence-electron chi connectivity index (χ2n) is 3.60. The Morgan fingerprint density at radius 2 is 1.81 bits per heavy atom. The number of alkyl halides is 3. The van der Waals surface area contributed by atoms with Gasteiger partial charge in [-0.1, -0.05) is 30.3 Å². The number of hydrogen-bond donors (Lipinski definition) is 2. The second kappa shape index (κ2) is 5.32. The second-order valence-corrected chi connectivity index (χ2v) is 3.60. The standard InChI is InChI=1S/C11H14F3NO/c1-8(9-5-3-2-4-6-9)15-7-10(16)11(12,13)14/h2-6,8,10,15-16H,7H2,1H3/t8-,10-/m1/s1. The van der Waals surface area contributed by atoms with E-state index in [2.05, 4.69) is 5.32 Å². The highest BCUT2D eigenvalue weighted by Crippen LogP contribution is 2.20. The van der Waals surface area contributed by atoms with E-state index in [0.717, 1.165) is 5.56 Å². The summed E-state index contributed by atoms with van der Waals surface area (Å²) in [6.07, 6.45) is -6.89. The van der Waals surface area contributed by atoms with Crippen molar-refractivity contribution in [3.63, 3.8) is 0 Å². The summed E-state index contributed by atoms with van der Waals surface area (Å²) in [6, 6.07) is 8.87. The summed E-state index contributed by atoms with van der Waals surface area (Å²) in [7, 11) is 0. The molecular weight excluding hydrogens is 219 g/mol. The molecule has 90 valence electrons. The largest absolute Gasteiger partial charge is 0.415 e. The van der Waals surface area contributed by atoms with Gasteiger partial charge in [-0.3, -0.25) is 0 Å². The monoisotopic (exact) mass is 233 g/mol. The topological polar surface area (TPSA) is 32.3 Å². The molecule has 0 unspecified atom stereocenters.